The van der Waals surface area contributed by atoms with Gasteiger partial charge in [0.05, 0.1) is 25.9 Å². The number of anilines is 3. The largest absolute Gasteiger partial charge is 0.399 e. The van der Waals surface area contributed by atoms with Crippen LogP contribution in [0.15, 0.2) is 36.4 Å². The fourth-order valence-corrected chi connectivity index (χ4v) is 3.13. The van der Waals surface area contributed by atoms with E-state index < -0.39 is 0 Å². The van der Waals surface area contributed by atoms with Gasteiger partial charge in [-0.15, -0.1) is 0 Å². The first-order chi connectivity index (χ1) is 9.13. The zero-order valence-electron chi connectivity index (χ0n) is 9.65. The van der Waals surface area contributed by atoms with Crippen molar-refractivity contribution in [2.75, 3.05) is 11.1 Å². The van der Waals surface area contributed by atoms with Crippen molar-refractivity contribution in [1.82, 2.24) is 4.98 Å². The lowest BCUT2D eigenvalue weighted by Crippen LogP contribution is -1.91. The van der Waals surface area contributed by atoms with Gasteiger partial charge in [0.25, 0.3) is 0 Å². The van der Waals surface area contributed by atoms with Crippen molar-refractivity contribution in [2.45, 2.75) is 0 Å². The Hall–Kier alpha value is -1.49. The highest BCUT2D eigenvalue weighted by atomic mass is 35.5. The number of hydrogen-bond acceptors (Lipinski definition) is 4. The van der Waals surface area contributed by atoms with Crippen LogP contribution in [0.1, 0.15) is 0 Å². The van der Waals surface area contributed by atoms with E-state index in [2.05, 4.69) is 10.3 Å². The second kappa shape index (κ2) is 4.89. The number of nitrogens with one attached hydrogen (secondary N) is 1. The predicted molar refractivity (Wildman–Crippen MR) is 83.8 cm³/mol. The first kappa shape index (κ1) is 12.5. The SMILES string of the molecule is Nc1ccc2nc(Nc3c(Cl)cccc3Cl)sc2c1. The van der Waals surface area contributed by atoms with E-state index in [0.717, 1.165) is 21.0 Å². The van der Waals surface area contributed by atoms with Gasteiger partial charge in [-0.05, 0) is 30.3 Å². The van der Waals surface area contributed by atoms with Crippen LogP contribution in [0.2, 0.25) is 10.0 Å². The summed E-state index contributed by atoms with van der Waals surface area (Å²) in [4.78, 5) is 4.47. The minimum absolute atomic E-state index is 0.561. The number of nitrogens with two attached hydrogens (primary N) is 1. The summed E-state index contributed by atoms with van der Waals surface area (Å²) in [5.74, 6) is 0. The van der Waals surface area contributed by atoms with Crippen LogP contribution in [0.25, 0.3) is 10.2 Å². The first-order valence-corrected chi connectivity index (χ1v) is 7.08. The van der Waals surface area contributed by atoms with Gasteiger partial charge in [0, 0.05) is 5.69 Å². The average molecular weight is 310 g/mol. The molecule has 0 amide bonds. The summed E-state index contributed by atoms with van der Waals surface area (Å²) < 4.78 is 1.02. The van der Waals surface area contributed by atoms with Crippen LogP contribution in [0.3, 0.4) is 0 Å². The summed E-state index contributed by atoms with van der Waals surface area (Å²) in [7, 11) is 0. The number of rotatable bonds is 2. The Morgan fingerprint density at radius 3 is 2.58 bits per heavy atom. The average Bonchev–Trinajstić information content (AvgIpc) is 2.75. The number of thiazole rings is 1. The Balaban J connectivity index is 2.01. The highest BCUT2D eigenvalue weighted by Crippen LogP contribution is 2.35. The summed E-state index contributed by atoms with van der Waals surface area (Å²) in [6, 6.07) is 11.0. The minimum atomic E-state index is 0.561. The molecule has 3 aromatic rings. The normalized spacial score (nSPS) is 10.8. The molecule has 96 valence electrons. The lowest BCUT2D eigenvalue weighted by atomic mass is 10.3. The van der Waals surface area contributed by atoms with Crippen LogP contribution in [-0.2, 0) is 0 Å². The van der Waals surface area contributed by atoms with E-state index >= 15 is 0 Å². The van der Waals surface area contributed by atoms with Crippen molar-refractivity contribution in [3.05, 3.63) is 46.4 Å². The van der Waals surface area contributed by atoms with Crippen LogP contribution in [0.5, 0.6) is 0 Å². The third-order valence-electron chi connectivity index (χ3n) is 2.61. The number of hydrogen-bond donors (Lipinski definition) is 2. The number of aromatic nitrogens is 1. The van der Waals surface area contributed by atoms with Gasteiger partial charge in [0.1, 0.15) is 0 Å². The molecule has 0 saturated carbocycles. The molecule has 0 fully saturated rings. The van der Waals surface area contributed by atoms with Gasteiger partial charge >= 0.3 is 0 Å². The number of nitrogen functional groups attached to an aromatic ring is 1. The molecule has 1 aromatic heterocycles. The van der Waals surface area contributed by atoms with Crippen LogP contribution in [0.4, 0.5) is 16.5 Å². The number of benzene rings is 2. The monoisotopic (exact) mass is 309 g/mol. The molecule has 0 saturated heterocycles. The Bertz CT molecular complexity index is 734. The molecule has 3 rings (SSSR count). The molecule has 0 bridgehead atoms. The zero-order chi connectivity index (χ0) is 13.4. The molecule has 0 aliphatic carbocycles. The van der Waals surface area contributed by atoms with Crippen molar-refractivity contribution in [1.29, 1.82) is 0 Å². The summed E-state index contributed by atoms with van der Waals surface area (Å²) >= 11 is 13.7. The minimum Gasteiger partial charge on any atom is -0.399 e. The molecule has 0 unspecified atom stereocenters. The summed E-state index contributed by atoms with van der Waals surface area (Å²) in [5.41, 5.74) is 8.03. The van der Waals surface area contributed by atoms with Crippen molar-refractivity contribution >= 4 is 61.3 Å². The van der Waals surface area contributed by atoms with Crippen molar-refractivity contribution in [3.63, 3.8) is 0 Å². The highest BCUT2D eigenvalue weighted by Gasteiger charge is 2.09. The van der Waals surface area contributed by atoms with Gasteiger partial charge < -0.3 is 11.1 Å². The third kappa shape index (κ3) is 2.47. The Morgan fingerprint density at radius 1 is 1.11 bits per heavy atom. The van der Waals surface area contributed by atoms with Crippen molar-refractivity contribution in [2.24, 2.45) is 0 Å². The van der Waals surface area contributed by atoms with E-state index in [1.54, 1.807) is 18.2 Å². The van der Waals surface area contributed by atoms with E-state index in [1.807, 2.05) is 18.2 Å². The van der Waals surface area contributed by atoms with Gasteiger partial charge in [-0.3, -0.25) is 0 Å². The molecule has 19 heavy (non-hydrogen) atoms. The second-order valence-corrected chi connectivity index (χ2v) is 5.81. The van der Waals surface area contributed by atoms with Crippen LogP contribution in [-0.4, -0.2) is 4.98 Å². The molecule has 2 aromatic carbocycles. The first-order valence-electron chi connectivity index (χ1n) is 5.50. The topological polar surface area (TPSA) is 50.9 Å². The lowest BCUT2D eigenvalue weighted by Gasteiger charge is -2.06. The molecule has 0 spiro atoms. The van der Waals surface area contributed by atoms with Crippen LogP contribution >= 0.6 is 34.5 Å². The predicted octanol–water partition coefficient (Wildman–Crippen LogP) is 4.93. The standard InChI is InChI=1S/C13H9Cl2N3S/c14-8-2-1-3-9(15)12(8)18-13-17-10-5-4-7(16)6-11(10)19-13/h1-6H,16H2,(H,17,18). The zero-order valence-corrected chi connectivity index (χ0v) is 12.0. The molecule has 0 atom stereocenters. The Morgan fingerprint density at radius 2 is 1.84 bits per heavy atom. The lowest BCUT2D eigenvalue weighted by molar-refractivity contribution is 1.44. The summed E-state index contributed by atoms with van der Waals surface area (Å²) in [6.07, 6.45) is 0. The highest BCUT2D eigenvalue weighted by molar-refractivity contribution is 7.22. The summed E-state index contributed by atoms with van der Waals surface area (Å²) in [5, 5.41) is 5.01. The van der Waals surface area contributed by atoms with Crippen LogP contribution < -0.4 is 11.1 Å². The van der Waals surface area contributed by atoms with E-state index in [-0.39, 0.29) is 0 Å². The fraction of sp³-hybridized carbons (Fsp3) is 0. The van der Waals surface area contributed by atoms with Gasteiger partial charge in [-0.25, -0.2) is 4.98 Å². The molecule has 1 heterocycles. The maximum Gasteiger partial charge on any atom is 0.188 e. The van der Waals surface area contributed by atoms with Crippen molar-refractivity contribution in [3.8, 4) is 0 Å². The number of nitrogens with zero attached hydrogens (tertiary/aromatic N) is 1. The maximum absolute atomic E-state index is 6.11. The van der Waals surface area contributed by atoms with Gasteiger partial charge in [0.2, 0.25) is 0 Å². The number of para-hydroxylation sites is 1. The third-order valence-corrected chi connectivity index (χ3v) is 4.17. The van der Waals surface area contributed by atoms with E-state index in [4.69, 9.17) is 28.9 Å². The number of fused-ring (bicyclic) bond motifs is 1. The van der Waals surface area contributed by atoms with E-state index in [0.29, 0.717) is 15.7 Å². The van der Waals surface area contributed by atoms with Gasteiger partial charge in [0.15, 0.2) is 5.13 Å². The van der Waals surface area contributed by atoms with Gasteiger partial charge in [-0.1, -0.05) is 40.6 Å². The van der Waals surface area contributed by atoms with Crippen molar-refractivity contribution < 1.29 is 0 Å². The Kier molecular flexibility index (Phi) is 3.22. The fourth-order valence-electron chi connectivity index (χ4n) is 1.72. The molecule has 0 aliphatic rings. The molecule has 3 N–H and O–H groups in total. The molecule has 3 nitrogen and oxygen atoms in total. The van der Waals surface area contributed by atoms with Gasteiger partial charge in [-0.2, -0.15) is 0 Å². The smallest absolute Gasteiger partial charge is 0.188 e. The summed E-state index contributed by atoms with van der Waals surface area (Å²) in [6.45, 7) is 0. The molecule has 0 radical (unpaired) electrons. The van der Waals surface area contributed by atoms with Crippen LogP contribution in [0, 0.1) is 0 Å². The molecular formula is C13H9Cl2N3S. The van der Waals surface area contributed by atoms with E-state index in [1.165, 1.54) is 11.3 Å². The van der Waals surface area contributed by atoms with E-state index in [9.17, 15) is 0 Å². The molecule has 0 aliphatic heterocycles. The number of halogens is 2. The molecular weight excluding hydrogens is 301 g/mol. The quantitative estimate of drug-likeness (QED) is 0.660. The molecule has 6 heteroatoms. The maximum atomic E-state index is 6.11. The Labute approximate surface area is 124 Å². The second-order valence-electron chi connectivity index (χ2n) is 3.97.